The average Bonchev–Trinajstić information content (AvgIpc) is 3.09. The van der Waals surface area contributed by atoms with Crippen LogP contribution in [0.1, 0.15) is 19.8 Å². The van der Waals surface area contributed by atoms with Crippen LogP contribution in [0.15, 0.2) is 29.3 Å². The molecule has 2 atom stereocenters. The van der Waals surface area contributed by atoms with E-state index in [-0.39, 0.29) is 30.1 Å². The molecule has 1 saturated heterocycles. The molecule has 1 fully saturated rings. The first-order valence-corrected chi connectivity index (χ1v) is 8.08. The summed E-state index contributed by atoms with van der Waals surface area (Å²) in [6, 6.07) is 7.58. The number of nitrogens with zero attached hydrogens (tertiary/aromatic N) is 1. The standard InChI is InChI=1S/C17H27N3O3.HI/c1-13(23-15-8-6-14(21-3)7-9-15)11-19-17(18-2)20-12-16-5-4-10-22-16;/h6-9,13,16H,4-5,10-12H2,1-3H3,(H2,18,19,20);1H. The van der Waals surface area contributed by atoms with Gasteiger partial charge in [0.15, 0.2) is 5.96 Å². The van der Waals surface area contributed by atoms with Crippen molar-refractivity contribution < 1.29 is 14.2 Å². The number of methoxy groups -OCH3 is 1. The normalized spacial score (nSPS) is 18.5. The van der Waals surface area contributed by atoms with Crippen molar-refractivity contribution in [1.29, 1.82) is 0 Å². The quantitative estimate of drug-likeness (QED) is 0.381. The minimum Gasteiger partial charge on any atom is -0.497 e. The van der Waals surface area contributed by atoms with Crippen LogP contribution in [0.3, 0.4) is 0 Å². The largest absolute Gasteiger partial charge is 0.497 e. The number of nitrogens with one attached hydrogen (secondary N) is 2. The number of rotatable bonds is 7. The highest BCUT2D eigenvalue weighted by atomic mass is 127. The Bertz CT molecular complexity index is 490. The van der Waals surface area contributed by atoms with Gasteiger partial charge in [-0.1, -0.05) is 0 Å². The lowest BCUT2D eigenvalue weighted by molar-refractivity contribution is 0.113. The molecule has 6 nitrogen and oxygen atoms in total. The van der Waals surface area contributed by atoms with Crippen LogP contribution in [-0.4, -0.2) is 52.0 Å². The number of benzene rings is 1. The fourth-order valence-electron chi connectivity index (χ4n) is 2.41. The second kappa shape index (κ2) is 11.4. The van der Waals surface area contributed by atoms with Crippen molar-refractivity contribution in [1.82, 2.24) is 10.6 Å². The van der Waals surface area contributed by atoms with Crippen molar-refractivity contribution in [3.05, 3.63) is 24.3 Å². The minimum atomic E-state index is 0. The molecule has 1 aromatic carbocycles. The Balaban J connectivity index is 0.00000288. The number of hydrogen-bond donors (Lipinski definition) is 2. The Kier molecular flexibility index (Phi) is 9.85. The van der Waals surface area contributed by atoms with Crippen LogP contribution in [0.5, 0.6) is 11.5 Å². The lowest BCUT2D eigenvalue weighted by Crippen LogP contribution is -2.44. The summed E-state index contributed by atoms with van der Waals surface area (Å²) in [5, 5.41) is 6.56. The minimum absolute atomic E-state index is 0. The van der Waals surface area contributed by atoms with Gasteiger partial charge in [0.05, 0.1) is 19.8 Å². The van der Waals surface area contributed by atoms with Gasteiger partial charge in [-0.2, -0.15) is 0 Å². The number of guanidine groups is 1. The van der Waals surface area contributed by atoms with E-state index in [0.29, 0.717) is 12.6 Å². The van der Waals surface area contributed by atoms with Gasteiger partial charge in [0.25, 0.3) is 0 Å². The Morgan fingerprint density at radius 1 is 1.29 bits per heavy atom. The topological polar surface area (TPSA) is 64.1 Å². The summed E-state index contributed by atoms with van der Waals surface area (Å²) in [6.45, 7) is 4.33. The summed E-state index contributed by atoms with van der Waals surface area (Å²) in [5.41, 5.74) is 0. The molecule has 0 saturated carbocycles. The third kappa shape index (κ3) is 7.12. The van der Waals surface area contributed by atoms with Crippen molar-refractivity contribution in [3.8, 4) is 11.5 Å². The average molecular weight is 449 g/mol. The molecule has 1 heterocycles. The molecule has 0 spiro atoms. The fraction of sp³-hybridized carbons (Fsp3) is 0.588. The van der Waals surface area contributed by atoms with Gasteiger partial charge >= 0.3 is 0 Å². The van der Waals surface area contributed by atoms with Gasteiger partial charge in [0, 0.05) is 20.2 Å². The number of halogens is 1. The third-order valence-electron chi connectivity index (χ3n) is 3.70. The summed E-state index contributed by atoms with van der Waals surface area (Å²) in [5.74, 6) is 2.41. The summed E-state index contributed by atoms with van der Waals surface area (Å²) in [6.07, 6.45) is 2.57. The molecule has 2 unspecified atom stereocenters. The van der Waals surface area contributed by atoms with Gasteiger partial charge in [0.1, 0.15) is 17.6 Å². The highest BCUT2D eigenvalue weighted by Crippen LogP contribution is 2.17. The molecule has 0 aliphatic carbocycles. The zero-order valence-corrected chi connectivity index (χ0v) is 16.9. The molecule has 136 valence electrons. The smallest absolute Gasteiger partial charge is 0.191 e. The molecule has 2 N–H and O–H groups in total. The van der Waals surface area contributed by atoms with E-state index in [4.69, 9.17) is 14.2 Å². The second-order valence-corrected chi connectivity index (χ2v) is 5.57. The Labute approximate surface area is 161 Å². The summed E-state index contributed by atoms with van der Waals surface area (Å²) >= 11 is 0. The van der Waals surface area contributed by atoms with E-state index in [1.807, 2.05) is 31.2 Å². The monoisotopic (exact) mass is 449 g/mol. The van der Waals surface area contributed by atoms with Crippen LogP contribution >= 0.6 is 24.0 Å². The maximum Gasteiger partial charge on any atom is 0.191 e. The maximum atomic E-state index is 5.86. The highest BCUT2D eigenvalue weighted by Gasteiger charge is 2.15. The van der Waals surface area contributed by atoms with Gasteiger partial charge in [-0.3, -0.25) is 4.99 Å². The highest BCUT2D eigenvalue weighted by molar-refractivity contribution is 14.0. The van der Waals surface area contributed by atoms with Gasteiger partial charge in [-0.25, -0.2) is 0 Å². The third-order valence-corrected chi connectivity index (χ3v) is 3.70. The number of aliphatic imine (C=N–C) groups is 1. The summed E-state index contributed by atoms with van der Waals surface area (Å²) < 4.78 is 16.6. The molecule has 0 radical (unpaired) electrons. The first-order chi connectivity index (χ1) is 11.2. The van der Waals surface area contributed by atoms with E-state index in [1.54, 1.807) is 14.2 Å². The van der Waals surface area contributed by atoms with Crippen LogP contribution in [0.25, 0.3) is 0 Å². The van der Waals surface area contributed by atoms with E-state index < -0.39 is 0 Å². The Morgan fingerprint density at radius 2 is 2.00 bits per heavy atom. The predicted molar refractivity (Wildman–Crippen MR) is 107 cm³/mol. The van der Waals surface area contributed by atoms with E-state index in [0.717, 1.165) is 43.5 Å². The first kappa shape index (κ1) is 20.8. The van der Waals surface area contributed by atoms with Crippen molar-refractivity contribution >= 4 is 29.9 Å². The molecule has 0 aromatic heterocycles. The molecule has 0 bridgehead atoms. The molecule has 24 heavy (non-hydrogen) atoms. The van der Waals surface area contributed by atoms with E-state index in [9.17, 15) is 0 Å². The lowest BCUT2D eigenvalue weighted by Gasteiger charge is -2.19. The molecule has 2 rings (SSSR count). The first-order valence-electron chi connectivity index (χ1n) is 8.08. The van der Waals surface area contributed by atoms with Gasteiger partial charge < -0.3 is 24.8 Å². The zero-order chi connectivity index (χ0) is 16.5. The van der Waals surface area contributed by atoms with Gasteiger partial charge in [-0.15, -0.1) is 24.0 Å². The predicted octanol–water partition coefficient (Wildman–Crippen LogP) is 2.42. The van der Waals surface area contributed by atoms with Gasteiger partial charge in [0.2, 0.25) is 0 Å². The van der Waals surface area contributed by atoms with E-state index in [2.05, 4.69) is 15.6 Å². The molecule has 1 aliphatic heterocycles. The fourth-order valence-corrected chi connectivity index (χ4v) is 2.41. The van der Waals surface area contributed by atoms with Crippen LogP contribution in [0.4, 0.5) is 0 Å². The summed E-state index contributed by atoms with van der Waals surface area (Å²) in [4.78, 5) is 4.22. The molecule has 1 aromatic rings. The Morgan fingerprint density at radius 3 is 2.58 bits per heavy atom. The molecular formula is C17H28IN3O3. The van der Waals surface area contributed by atoms with Crippen molar-refractivity contribution in [2.24, 2.45) is 4.99 Å². The molecule has 0 amide bonds. The van der Waals surface area contributed by atoms with Gasteiger partial charge in [-0.05, 0) is 44.0 Å². The summed E-state index contributed by atoms with van der Waals surface area (Å²) in [7, 11) is 3.41. The van der Waals surface area contributed by atoms with Crippen LogP contribution in [0.2, 0.25) is 0 Å². The SMILES string of the molecule is CN=C(NCC(C)Oc1ccc(OC)cc1)NCC1CCCO1.I. The van der Waals surface area contributed by atoms with Crippen molar-refractivity contribution in [2.75, 3.05) is 33.9 Å². The maximum absolute atomic E-state index is 5.86. The van der Waals surface area contributed by atoms with Crippen molar-refractivity contribution in [3.63, 3.8) is 0 Å². The number of hydrogen-bond acceptors (Lipinski definition) is 4. The number of ether oxygens (including phenoxy) is 3. The van der Waals surface area contributed by atoms with Crippen LogP contribution < -0.4 is 20.1 Å². The Hall–Kier alpha value is -1.22. The van der Waals surface area contributed by atoms with Crippen LogP contribution in [0, 0.1) is 0 Å². The van der Waals surface area contributed by atoms with Crippen LogP contribution in [-0.2, 0) is 4.74 Å². The lowest BCUT2D eigenvalue weighted by atomic mass is 10.2. The second-order valence-electron chi connectivity index (χ2n) is 5.57. The molecule has 7 heteroatoms. The van der Waals surface area contributed by atoms with E-state index >= 15 is 0 Å². The van der Waals surface area contributed by atoms with E-state index in [1.165, 1.54) is 0 Å². The molecule has 1 aliphatic rings. The molecular weight excluding hydrogens is 421 g/mol. The van der Waals surface area contributed by atoms with Crippen molar-refractivity contribution in [2.45, 2.75) is 32.0 Å². The zero-order valence-electron chi connectivity index (χ0n) is 14.6.